The predicted molar refractivity (Wildman–Crippen MR) is 78.1 cm³/mol. The van der Waals surface area contributed by atoms with E-state index < -0.39 is 0 Å². The van der Waals surface area contributed by atoms with E-state index in [-0.39, 0.29) is 6.04 Å². The van der Waals surface area contributed by atoms with Gasteiger partial charge in [-0.3, -0.25) is 9.48 Å². The molecule has 4 heteroatoms. The molecule has 1 aromatic rings. The summed E-state index contributed by atoms with van der Waals surface area (Å²) < 4.78 is 1.83. The van der Waals surface area contributed by atoms with Gasteiger partial charge in [0, 0.05) is 31.8 Å². The molecular formula is C16H25N3O. The van der Waals surface area contributed by atoms with Gasteiger partial charge in [-0.2, -0.15) is 5.10 Å². The van der Waals surface area contributed by atoms with Crippen LogP contribution in [0.15, 0.2) is 12.4 Å². The lowest BCUT2D eigenvalue weighted by atomic mass is 10.0. The molecule has 0 bridgehead atoms. The minimum atomic E-state index is 0.264. The standard InChI is InChI=1S/C16H25N3O/c1-18-12-14(11-17-18)15-7-4-10-19(15)16(20)9-8-13-5-2-3-6-13/h11-13,15H,2-10H2,1H3/t15-/m1/s1. The van der Waals surface area contributed by atoms with Crippen LogP contribution in [0.3, 0.4) is 0 Å². The van der Waals surface area contributed by atoms with Gasteiger partial charge in [-0.25, -0.2) is 0 Å². The van der Waals surface area contributed by atoms with Crippen molar-refractivity contribution in [3.63, 3.8) is 0 Å². The molecule has 2 heterocycles. The Morgan fingerprint density at radius 2 is 2.10 bits per heavy atom. The third-order valence-electron chi connectivity index (χ3n) is 4.92. The van der Waals surface area contributed by atoms with Crippen molar-refractivity contribution < 1.29 is 4.79 Å². The first-order chi connectivity index (χ1) is 9.74. The maximum atomic E-state index is 12.5. The lowest BCUT2D eigenvalue weighted by molar-refractivity contribution is -0.132. The van der Waals surface area contributed by atoms with E-state index in [1.165, 1.54) is 31.2 Å². The van der Waals surface area contributed by atoms with Crippen LogP contribution in [-0.2, 0) is 11.8 Å². The molecule has 1 saturated heterocycles. The molecule has 4 nitrogen and oxygen atoms in total. The van der Waals surface area contributed by atoms with Crippen molar-refractivity contribution in [1.82, 2.24) is 14.7 Å². The van der Waals surface area contributed by atoms with Gasteiger partial charge in [-0.05, 0) is 25.2 Å². The van der Waals surface area contributed by atoms with Crippen molar-refractivity contribution in [3.8, 4) is 0 Å². The van der Waals surface area contributed by atoms with Crippen LogP contribution in [0, 0.1) is 5.92 Å². The summed E-state index contributed by atoms with van der Waals surface area (Å²) in [5.74, 6) is 1.15. The number of hydrogen-bond acceptors (Lipinski definition) is 2. The highest BCUT2D eigenvalue weighted by atomic mass is 16.2. The van der Waals surface area contributed by atoms with E-state index in [4.69, 9.17) is 0 Å². The average Bonchev–Trinajstić information content (AvgIpc) is 3.16. The highest BCUT2D eigenvalue weighted by molar-refractivity contribution is 5.77. The fourth-order valence-electron chi connectivity index (χ4n) is 3.79. The van der Waals surface area contributed by atoms with Gasteiger partial charge in [0.25, 0.3) is 0 Å². The Morgan fingerprint density at radius 3 is 2.80 bits per heavy atom. The largest absolute Gasteiger partial charge is 0.336 e. The van der Waals surface area contributed by atoms with E-state index in [0.29, 0.717) is 5.91 Å². The molecule has 0 N–H and O–H groups in total. The van der Waals surface area contributed by atoms with Gasteiger partial charge < -0.3 is 4.90 Å². The predicted octanol–water partition coefficient (Wildman–Crippen LogP) is 3.05. The summed E-state index contributed by atoms with van der Waals surface area (Å²) in [4.78, 5) is 14.6. The van der Waals surface area contributed by atoms with Gasteiger partial charge in [0.2, 0.25) is 5.91 Å². The molecule has 20 heavy (non-hydrogen) atoms. The molecule has 110 valence electrons. The number of hydrogen-bond donors (Lipinski definition) is 0. The van der Waals surface area contributed by atoms with Crippen LogP contribution in [0.2, 0.25) is 0 Å². The maximum absolute atomic E-state index is 12.5. The molecule has 3 rings (SSSR count). The third-order valence-corrected chi connectivity index (χ3v) is 4.92. The lowest BCUT2D eigenvalue weighted by Gasteiger charge is -2.24. The summed E-state index contributed by atoms with van der Waals surface area (Å²) in [5.41, 5.74) is 1.19. The van der Waals surface area contributed by atoms with Crippen molar-refractivity contribution in [2.24, 2.45) is 13.0 Å². The number of aromatic nitrogens is 2. The zero-order valence-corrected chi connectivity index (χ0v) is 12.4. The molecule has 0 aromatic carbocycles. The Bertz CT molecular complexity index is 462. The molecule has 0 radical (unpaired) electrons. The second-order valence-electron chi connectivity index (χ2n) is 6.38. The molecule has 1 aliphatic heterocycles. The van der Waals surface area contributed by atoms with Gasteiger partial charge in [-0.15, -0.1) is 0 Å². The van der Waals surface area contributed by atoms with Crippen LogP contribution in [0.25, 0.3) is 0 Å². The zero-order chi connectivity index (χ0) is 13.9. The van der Waals surface area contributed by atoms with Crippen LogP contribution < -0.4 is 0 Å². The lowest BCUT2D eigenvalue weighted by Crippen LogP contribution is -2.30. The van der Waals surface area contributed by atoms with Gasteiger partial charge in [0.05, 0.1) is 12.2 Å². The van der Waals surface area contributed by atoms with Crippen LogP contribution in [0.1, 0.15) is 63.0 Å². The summed E-state index contributed by atoms with van der Waals surface area (Å²) in [6.07, 6.45) is 13.4. The minimum absolute atomic E-state index is 0.264. The minimum Gasteiger partial charge on any atom is -0.336 e. The van der Waals surface area contributed by atoms with Gasteiger partial charge in [0.15, 0.2) is 0 Å². The summed E-state index contributed by atoms with van der Waals surface area (Å²) in [7, 11) is 1.94. The number of amides is 1. The zero-order valence-electron chi connectivity index (χ0n) is 12.4. The first kappa shape index (κ1) is 13.7. The van der Waals surface area contributed by atoms with Crippen LogP contribution in [-0.4, -0.2) is 27.1 Å². The number of nitrogens with zero attached hydrogens (tertiary/aromatic N) is 3. The molecule has 1 aliphatic carbocycles. The van der Waals surface area contributed by atoms with Crippen LogP contribution in [0.4, 0.5) is 0 Å². The van der Waals surface area contributed by atoms with Gasteiger partial charge in [-0.1, -0.05) is 25.7 Å². The van der Waals surface area contributed by atoms with Crippen LogP contribution >= 0.6 is 0 Å². The Morgan fingerprint density at radius 1 is 1.30 bits per heavy atom. The Kier molecular flexibility index (Phi) is 4.08. The number of likely N-dealkylation sites (tertiary alicyclic amines) is 1. The quantitative estimate of drug-likeness (QED) is 0.847. The highest BCUT2D eigenvalue weighted by Crippen LogP contribution is 2.34. The molecule has 1 aromatic heterocycles. The smallest absolute Gasteiger partial charge is 0.223 e. The first-order valence-electron chi connectivity index (χ1n) is 8.02. The molecule has 2 aliphatic rings. The van der Waals surface area contributed by atoms with E-state index in [1.807, 2.05) is 24.1 Å². The van der Waals surface area contributed by atoms with E-state index in [1.54, 1.807) is 0 Å². The molecule has 2 fully saturated rings. The van der Waals surface area contributed by atoms with Gasteiger partial charge in [0.1, 0.15) is 0 Å². The highest BCUT2D eigenvalue weighted by Gasteiger charge is 2.30. The van der Waals surface area contributed by atoms with Gasteiger partial charge >= 0.3 is 0 Å². The van der Waals surface area contributed by atoms with E-state index in [2.05, 4.69) is 10.00 Å². The summed E-state index contributed by atoms with van der Waals surface area (Å²) in [6, 6.07) is 0.264. The normalized spacial score (nSPS) is 23.6. The van der Waals surface area contributed by atoms with E-state index in [9.17, 15) is 4.79 Å². The van der Waals surface area contributed by atoms with Crippen molar-refractivity contribution in [2.45, 2.75) is 57.4 Å². The van der Waals surface area contributed by atoms with E-state index >= 15 is 0 Å². The first-order valence-corrected chi connectivity index (χ1v) is 8.02. The summed E-state index contributed by atoms with van der Waals surface area (Å²) in [5, 5.41) is 4.24. The maximum Gasteiger partial charge on any atom is 0.223 e. The second kappa shape index (κ2) is 5.98. The summed E-state index contributed by atoms with van der Waals surface area (Å²) in [6.45, 7) is 0.920. The molecule has 1 atom stereocenters. The Hall–Kier alpha value is -1.32. The molecule has 1 amide bonds. The fourth-order valence-corrected chi connectivity index (χ4v) is 3.79. The van der Waals surface area contributed by atoms with E-state index in [0.717, 1.165) is 38.1 Å². The monoisotopic (exact) mass is 275 g/mol. The number of carbonyl (C=O) groups is 1. The molecular weight excluding hydrogens is 250 g/mol. The molecule has 1 saturated carbocycles. The SMILES string of the molecule is Cn1cc([C@H]2CCCN2C(=O)CCC2CCCC2)cn1. The fraction of sp³-hybridized carbons (Fsp3) is 0.750. The van der Waals surface area contributed by atoms with Crippen LogP contribution in [0.5, 0.6) is 0 Å². The summed E-state index contributed by atoms with van der Waals surface area (Å²) >= 11 is 0. The number of carbonyl (C=O) groups excluding carboxylic acids is 1. The third kappa shape index (κ3) is 2.89. The molecule has 0 spiro atoms. The second-order valence-corrected chi connectivity index (χ2v) is 6.38. The van der Waals surface area contributed by atoms with Crippen molar-refractivity contribution >= 4 is 5.91 Å². The Balaban J connectivity index is 1.58. The Labute approximate surface area is 121 Å². The topological polar surface area (TPSA) is 38.1 Å². The number of aryl methyl sites for hydroxylation is 1. The van der Waals surface area contributed by atoms with Crippen molar-refractivity contribution in [2.75, 3.05) is 6.54 Å². The van der Waals surface area contributed by atoms with Crippen molar-refractivity contribution in [1.29, 1.82) is 0 Å². The van der Waals surface area contributed by atoms with Crippen molar-refractivity contribution in [3.05, 3.63) is 18.0 Å². The molecule has 0 unspecified atom stereocenters. The number of rotatable bonds is 4. The average molecular weight is 275 g/mol.